The normalized spacial score (nSPS) is 10.7. The molecule has 0 unspecified atom stereocenters. The molecular formula is C24H19N5O3. The van der Waals surface area contributed by atoms with Crippen molar-refractivity contribution in [2.45, 2.75) is 0 Å². The minimum Gasteiger partial charge on any atom is -0.481 e. The summed E-state index contributed by atoms with van der Waals surface area (Å²) in [5.74, 6) is 1.17. The maximum atomic E-state index is 8.93. The molecule has 8 nitrogen and oxygen atoms in total. The maximum absolute atomic E-state index is 8.93. The number of hydrazone groups is 1. The van der Waals surface area contributed by atoms with Gasteiger partial charge in [-0.25, -0.2) is 0 Å². The lowest BCUT2D eigenvalue weighted by atomic mass is 10.0. The summed E-state index contributed by atoms with van der Waals surface area (Å²) < 4.78 is 16.4. The smallest absolute Gasteiger partial charge is 0.328 e. The van der Waals surface area contributed by atoms with E-state index in [2.05, 4.69) is 26.6 Å². The largest absolute Gasteiger partial charge is 0.481 e. The van der Waals surface area contributed by atoms with Crippen LogP contribution in [0, 0.1) is 11.3 Å². The number of aromatic nitrogens is 2. The molecule has 0 saturated carbocycles. The van der Waals surface area contributed by atoms with Crippen LogP contribution < -0.4 is 19.6 Å². The SMILES string of the molecule is COc1cc(OC)nc(Oc2ccc3ccccc3c2C=NNc2ccc(C#N)cc2)n1. The molecule has 0 radical (unpaired) electrons. The lowest BCUT2D eigenvalue weighted by molar-refractivity contribution is 0.348. The minimum absolute atomic E-state index is 0.0891. The van der Waals surface area contributed by atoms with Crippen LogP contribution in [0.3, 0.4) is 0 Å². The Hall–Kier alpha value is -4.64. The number of anilines is 1. The molecule has 0 atom stereocenters. The topological polar surface area (TPSA) is 102 Å². The molecular weight excluding hydrogens is 406 g/mol. The van der Waals surface area contributed by atoms with Crippen molar-refractivity contribution in [3.63, 3.8) is 0 Å². The van der Waals surface area contributed by atoms with Crippen LogP contribution in [-0.4, -0.2) is 30.4 Å². The molecule has 0 saturated heterocycles. The van der Waals surface area contributed by atoms with Gasteiger partial charge < -0.3 is 14.2 Å². The zero-order valence-corrected chi connectivity index (χ0v) is 17.4. The number of nitrogens with zero attached hydrogens (tertiary/aromatic N) is 4. The van der Waals surface area contributed by atoms with Gasteiger partial charge in [0.2, 0.25) is 11.8 Å². The summed E-state index contributed by atoms with van der Waals surface area (Å²) in [6, 6.07) is 22.4. The molecule has 158 valence electrons. The number of methoxy groups -OCH3 is 2. The van der Waals surface area contributed by atoms with Gasteiger partial charge >= 0.3 is 6.01 Å². The zero-order valence-electron chi connectivity index (χ0n) is 17.4. The summed E-state index contributed by atoms with van der Waals surface area (Å²) in [5.41, 5.74) is 5.05. The molecule has 4 rings (SSSR count). The molecule has 3 aromatic carbocycles. The standard InChI is InChI=1S/C24H19N5O3/c1-30-22-13-23(31-2)28-24(27-22)32-21-12-9-17-5-3-4-6-19(17)20(21)15-26-29-18-10-7-16(14-25)8-11-18/h3-13,15,29H,1-2H3. The van der Waals surface area contributed by atoms with Crippen LogP contribution in [-0.2, 0) is 0 Å². The molecule has 0 bridgehead atoms. The quantitative estimate of drug-likeness (QED) is 0.336. The highest BCUT2D eigenvalue weighted by atomic mass is 16.5. The van der Waals surface area contributed by atoms with E-state index in [4.69, 9.17) is 19.5 Å². The Morgan fingerprint density at radius 3 is 2.34 bits per heavy atom. The van der Waals surface area contributed by atoms with E-state index in [-0.39, 0.29) is 6.01 Å². The number of rotatable bonds is 7. The predicted molar refractivity (Wildman–Crippen MR) is 122 cm³/mol. The van der Waals surface area contributed by atoms with Crippen LogP contribution in [0.1, 0.15) is 11.1 Å². The highest BCUT2D eigenvalue weighted by molar-refractivity contribution is 6.02. The third kappa shape index (κ3) is 4.57. The third-order valence-electron chi connectivity index (χ3n) is 4.61. The van der Waals surface area contributed by atoms with Crippen LogP contribution in [0.4, 0.5) is 5.69 Å². The second-order valence-corrected chi connectivity index (χ2v) is 6.59. The highest BCUT2D eigenvalue weighted by Crippen LogP contribution is 2.31. The molecule has 0 amide bonds. The molecule has 0 aliphatic heterocycles. The van der Waals surface area contributed by atoms with Crippen molar-refractivity contribution in [2.75, 3.05) is 19.6 Å². The number of nitriles is 1. The van der Waals surface area contributed by atoms with Gasteiger partial charge in [-0.05, 0) is 41.1 Å². The van der Waals surface area contributed by atoms with E-state index in [1.54, 1.807) is 36.5 Å². The lowest BCUT2D eigenvalue weighted by Gasteiger charge is -2.11. The van der Waals surface area contributed by atoms with Crippen LogP contribution >= 0.6 is 0 Å². The Bertz CT molecular complexity index is 1290. The van der Waals surface area contributed by atoms with Gasteiger partial charge in [-0.1, -0.05) is 30.3 Å². The fourth-order valence-electron chi connectivity index (χ4n) is 3.03. The van der Waals surface area contributed by atoms with E-state index < -0.39 is 0 Å². The van der Waals surface area contributed by atoms with E-state index in [9.17, 15) is 0 Å². The van der Waals surface area contributed by atoms with E-state index >= 15 is 0 Å². The van der Waals surface area contributed by atoms with Crippen molar-refractivity contribution >= 4 is 22.7 Å². The summed E-state index contributed by atoms with van der Waals surface area (Å²) in [4.78, 5) is 8.48. The fourth-order valence-corrected chi connectivity index (χ4v) is 3.03. The first kappa shape index (κ1) is 20.6. The molecule has 1 heterocycles. The molecule has 0 spiro atoms. The number of benzene rings is 3. The van der Waals surface area contributed by atoms with Crippen LogP contribution in [0.15, 0.2) is 71.8 Å². The number of hydrogen-bond donors (Lipinski definition) is 1. The summed E-state index contributed by atoms with van der Waals surface area (Å²) in [6.45, 7) is 0. The Morgan fingerprint density at radius 1 is 0.938 bits per heavy atom. The van der Waals surface area contributed by atoms with E-state index in [0.717, 1.165) is 22.0 Å². The van der Waals surface area contributed by atoms with Gasteiger partial charge in [0, 0.05) is 5.56 Å². The number of nitrogens with one attached hydrogen (secondary N) is 1. The highest BCUT2D eigenvalue weighted by Gasteiger charge is 2.12. The number of ether oxygens (including phenoxy) is 3. The molecule has 0 aliphatic carbocycles. The molecule has 32 heavy (non-hydrogen) atoms. The fraction of sp³-hybridized carbons (Fsp3) is 0.0833. The first-order valence-corrected chi connectivity index (χ1v) is 9.66. The summed E-state index contributed by atoms with van der Waals surface area (Å²) in [7, 11) is 3.02. The monoisotopic (exact) mass is 425 g/mol. The molecule has 0 fully saturated rings. The van der Waals surface area contributed by atoms with Gasteiger partial charge in [0.15, 0.2) is 0 Å². The van der Waals surface area contributed by atoms with Crippen molar-refractivity contribution < 1.29 is 14.2 Å². The number of hydrogen-bond acceptors (Lipinski definition) is 8. The van der Waals surface area contributed by atoms with E-state index in [1.807, 2.05) is 36.4 Å². The van der Waals surface area contributed by atoms with E-state index in [0.29, 0.717) is 23.1 Å². The van der Waals surface area contributed by atoms with Crippen molar-refractivity contribution in [3.8, 4) is 29.6 Å². The second kappa shape index (κ2) is 9.45. The molecule has 1 aromatic heterocycles. The summed E-state index contributed by atoms with van der Waals surface area (Å²) in [5, 5.41) is 15.3. The molecule has 1 N–H and O–H groups in total. The maximum Gasteiger partial charge on any atom is 0.328 e. The Labute approximate surface area is 184 Å². The molecule has 8 heteroatoms. The van der Waals surface area contributed by atoms with Crippen molar-refractivity contribution in [1.82, 2.24) is 9.97 Å². The first-order chi connectivity index (χ1) is 15.7. The van der Waals surface area contributed by atoms with Crippen LogP contribution in [0.2, 0.25) is 0 Å². The summed E-state index contributed by atoms with van der Waals surface area (Å²) in [6.07, 6.45) is 1.67. The van der Waals surface area contributed by atoms with Crippen molar-refractivity contribution in [1.29, 1.82) is 5.26 Å². The minimum atomic E-state index is 0.0891. The average molecular weight is 425 g/mol. The lowest BCUT2D eigenvalue weighted by Crippen LogP contribution is -2.00. The Kier molecular flexibility index (Phi) is 6.09. The zero-order chi connectivity index (χ0) is 22.3. The molecule has 4 aromatic rings. The molecule has 0 aliphatic rings. The van der Waals surface area contributed by atoms with Gasteiger partial charge in [0.05, 0.1) is 43.8 Å². The average Bonchev–Trinajstić information content (AvgIpc) is 2.85. The Balaban J connectivity index is 1.69. The van der Waals surface area contributed by atoms with Gasteiger partial charge in [0.25, 0.3) is 0 Å². The third-order valence-corrected chi connectivity index (χ3v) is 4.61. The van der Waals surface area contributed by atoms with Gasteiger partial charge in [-0.2, -0.15) is 20.3 Å². The predicted octanol–water partition coefficient (Wildman–Crippen LogP) is 4.76. The summed E-state index contributed by atoms with van der Waals surface area (Å²) >= 11 is 0. The van der Waals surface area contributed by atoms with Crippen LogP contribution in [0.25, 0.3) is 10.8 Å². The first-order valence-electron chi connectivity index (χ1n) is 9.66. The van der Waals surface area contributed by atoms with Crippen LogP contribution in [0.5, 0.6) is 23.5 Å². The van der Waals surface area contributed by atoms with Gasteiger partial charge in [-0.15, -0.1) is 0 Å². The van der Waals surface area contributed by atoms with E-state index in [1.165, 1.54) is 14.2 Å². The van der Waals surface area contributed by atoms with Crippen molar-refractivity contribution in [3.05, 3.63) is 77.9 Å². The number of fused-ring (bicyclic) bond motifs is 1. The van der Waals surface area contributed by atoms with Gasteiger partial charge in [-0.3, -0.25) is 5.43 Å². The Morgan fingerprint density at radius 2 is 1.66 bits per heavy atom. The van der Waals surface area contributed by atoms with Gasteiger partial charge in [0.1, 0.15) is 5.75 Å². The van der Waals surface area contributed by atoms with Crippen molar-refractivity contribution in [2.24, 2.45) is 5.10 Å². The second-order valence-electron chi connectivity index (χ2n) is 6.59.